The van der Waals surface area contributed by atoms with E-state index in [-0.39, 0.29) is 30.1 Å². The lowest BCUT2D eigenvalue weighted by atomic mass is 9.91. The molecule has 2 unspecified atom stereocenters. The molecule has 3 aliphatic heterocycles. The molecule has 3 fully saturated rings. The van der Waals surface area contributed by atoms with Crippen molar-refractivity contribution in [2.75, 3.05) is 20.1 Å². The molecule has 3 saturated heterocycles. The van der Waals surface area contributed by atoms with Crippen molar-refractivity contribution in [2.24, 2.45) is 0 Å². The van der Waals surface area contributed by atoms with E-state index in [0.717, 1.165) is 48.0 Å². The summed E-state index contributed by atoms with van der Waals surface area (Å²) in [5.74, 6) is -0.485. The molecule has 6 rings (SSSR count). The quantitative estimate of drug-likeness (QED) is 0.645. The molecule has 7 nitrogen and oxygen atoms in total. The second kappa shape index (κ2) is 8.35. The predicted octanol–water partition coefficient (Wildman–Crippen LogP) is 2.48. The first-order valence-corrected chi connectivity index (χ1v) is 11.0. The summed E-state index contributed by atoms with van der Waals surface area (Å²) in [5, 5.41) is 10.9. The molecule has 32 heavy (non-hydrogen) atoms. The molecule has 2 amide bonds. The highest BCUT2D eigenvalue weighted by Crippen LogP contribution is 2.30. The maximum absolute atomic E-state index is 13.3. The van der Waals surface area contributed by atoms with Crippen molar-refractivity contribution >= 4 is 22.7 Å². The predicted molar refractivity (Wildman–Crippen MR) is 119 cm³/mol. The molecule has 0 aliphatic carbocycles. The fourth-order valence-corrected chi connectivity index (χ4v) is 4.81. The number of carbonyl (C=O) groups excluding carboxylic acids is 2. The number of aromatic nitrogens is 2. The van der Waals surface area contributed by atoms with E-state index in [4.69, 9.17) is 0 Å². The molecule has 2 N–H and O–H groups in total. The molecule has 0 spiro atoms. The van der Waals surface area contributed by atoms with Crippen LogP contribution in [-0.2, 0) is 17.8 Å². The summed E-state index contributed by atoms with van der Waals surface area (Å²) in [6, 6.07) is 12.3. The third kappa shape index (κ3) is 3.98. The van der Waals surface area contributed by atoms with Crippen LogP contribution in [0.25, 0.3) is 10.9 Å². The van der Waals surface area contributed by atoms with Crippen molar-refractivity contribution in [3.05, 3.63) is 65.1 Å². The van der Waals surface area contributed by atoms with E-state index in [0.29, 0.717) is 18.3 Å². The number of aromatic amines is 1. The van der Waals surface area contributed by atoms with E-state index in [2.05, 4.69) is 27.5 Å². The van der Waals surface area contributed by atoms with Gasteiger partial charge in [-0.15, -0.1) is 0 Å². The summed E-state index contributed by atoms with van der Waals surface area (Å²) in [6.07, 6.45) is 2.35. The molecule has 2 atom stereocenters. The molecule has 3 aromatic rings. The van der Waals surface area contributed by atoms with Crippen molar-refractivity contribution in [3.8, 4) is 0 Å². The van der Waals surface area contributed by atoms with E-state index in [1.54, 1.807) is 12.1 Å². The summed E-state index contributed by atoms with van der Waals surface area (Å²) in [6.45, 7) is 1.97. The molecule has 166 valence electrons. The third-order valence-electron chi connectivity index (χ3n) is 6.66. The Labute approximate surface area is 185 Å². The number of benzene rings is 2. The number of fused-ring (bicyclic) bond motifs is 4. The fourth-order valence-electron chi connectivity index (χ4n) is 4.81. The van der Waals surface area contributed by atoms with Gasteiger partial charge >= 0.3 is 0 Å². The first kappa shape index (κ1) is 20.6. The fraction of sp³-hybridized carbons (Fsp3) is 0.375. The first-order valence-electron chi connectivity index (χ1n) is 11.0. The Morgan fingerprint density at radius 3 is 2.56 bits per heavy atom. The molecule has 8 heteroatoms. The highest BCUT2D eigenvalue weighted by Gasteiger charge is 2.40. The van der Waals surface area contributed by atoms with Gasteiger partial charge in [-0.1, -0.05) is 18.2 Å². The van der Waals surface area contributed by atoms with Crippen LogP contribution in [0.1, 0.15) is 34.5 Å². The zero-order chi connectivity index (χ0) is 22.2. The van der Waals surface area contributed by atoms with Gasteiger partial charge in [-0.25, -0.2) is 4.39 Å². The van der Waals surface area contributed by atoms with Gasteiger partial charge in [-0.2, -0.15) is 5.10 Å². The number of piperazine rings is 1. The van der Waals surface area contributed by atoms with Crippen molar-refractivity contribution < 1.29 is 14.0 Å². The van der Waals surface area contributed by atoms with Gasteiger partial charge in [0.25, 0.3) is 5.91 Å². The minimum atomic E-state index is -0.303. The molecule has 3 aliphatic rings. The molecule has 0 saturated carbocycles. The second-order valence-corrected chi connectivity index (χ2v) is 8.81. The van der Waals surface area contributed by atoms with Gasteiger partial charge in [0.1, 0.15) is 5.82 Å². The lowest BCUT2D eigenvalue weighted by molar-refractivity contribution is -0.120. The van der Waals surface area contributed by atoms with Crippen molar-refractivity contribution in [3.63, 3.8) is 0 Å². The van der Waals surface area contributed by atoms with E-state index in [1.807, 2.05) is 23.1 Å². The largest absolute Gasteiger partial charge is 0.352 e. The zero-order valence-corrected chi connectivity index (χ0v) is 18.0. The van der Waals surface area contributed by atoms with Gasteiger partial charge in [0.2, 0.25) is 5.91 Å². The second-order valence-electron chi connectivity index (χ2n) is 8.81. The smallest absolute Gasteiger partial charge is 0.275 e. The normalized spacial score (nSPS) is 20.6. The molecule has 1 aromatic heterocycles. The third-order valence-corrected chi connectivity index (χ3v) is 6.66. The maximum atomic E-state index is 13.3. The number of halogens is 1. The van der Waals surface area contributed by atoms with Crippen LogP contribution in [0.3, 0.4) is 0 Å². The minimum absolute atomic E-state index is 0.0445. The first-order chi connectivity index (χ1) is 15.5. The van der Waals surface area contributed by atoms with Crippen LogP contribution in [0, 0.1) is 5.82 Å². The van der Waals surface area contributed by atoms with Crippen LogP contribution in [0.4, 0.5) is 4.39 Å². The van der Waals surface area contributed by atoms with Gasteiger partial charge in [-0.3, -0.25) is 19.6 Å². The lowest BCUT2D eigenvalue weighted by Gasteiger charge is -2.50. The zero-order valence-electron chi connectivity index (χ0n) is 18.0. The molecular weight excluding hydrogens is 409 g/mol. The van der Waals surface area contributed by atoms with Crippen LogP contribution in [0.2, 0.25) is 0 Å². The van der Waals surface area contributed by atoms with Crippen LogP contribution in [0.15, 0.2) is 42.5 Å². The summed E-state index contributed by atoms with van der Waals surface area (Å²) in [7, 11) is 2.12. The van der Waals surface area contributed by atoms with Crippen LogP contribution in [-0.4, -0.2) is 64.0 Å². The van der Waals surface area contributed by atoms with Gasteiger partial charge in [0, 0.05) is 37.1 Å². The van der Waals surface area contributed by atoms with Gasteiger partial charge < -0.3 is 10.2 Å². The number of carbonyl (C=O) groups is 2. The summed E-state index contributed by atoms with van der Waals surface area (Å²) >= 11 is 0. The van der Waals surface area contributed by atoms with E-state index in [9.17, 15) is 14.0 Å². The Morgan fingerprint density at radius 1 is 1.09 bits per heavy atom. The molecule has 0 radical (unpaired) electrons. The maximum Gasteiger partial charge on any atom is 0.275 e. The Balaban J connectivity index is 1.29. The van der Waals surface area contributed by atoms with Gasteiger partial charge in [-0.05, 0) is 55.3 Å². The SMILES string of the molecule is CN1CC2CCC1CN2C(=O)c1n[nH]c2ccc(CC(=O)NCc3ccc(F)cc3)cc12. The van der Waals surface area contributed by atoms with E-state index < -0.39 is 0 Å². The summed E-state index contributed by atoms with van der Waals surface area (Å²) in [5.41, 5.74) is 2.84. The molecule has 2 bridgehead atoms. The number of nitrogens with one attached hydrogen (secondary N) is 2. The number of hydrogen-bond donors (Lipinski definition) is 2. The Hall–Kier alpha value is -3.26. The molecular formula is C24H26FN5O2. The Morgan fingerprint density at radius 2 is 1.84 bits per heavy atom. The average Bonchev–Trinajstić information content (AvgIpc) is 3.22. The number of nitrogens with zero attached hydrogens (tertiary/aromatic N) is 3. The lowest BCUT2D eigenvalue weighted by Crippen LogP contribution is -2.62. The number of rotatable bonds is 5. The van der Waals surface area contributed by atoms with Crippen LogP contribution < -0.4 is 5.32 Å². The molecule has 4 heterocycles. The molecule has 2 aromatic carbocycles. The minimum Gasteiger partial charge on any atom is -0.352 e. The number of H-pyrrole nitrogens is 1. The van der Waals surface area contributed by atoms with Crippen molar-refractivity contribution in [2.45, 2.75) is 37.9 Å². The summed E-state index contributed by atoms with van der Waals surface area (Å²) in [4.78, 5) is 30.0. The van der Waals surface area contributed by atoms with Gasteiger partial charge in [0.15, 0.2) is 5.69 Å². The standard InChI is InChI=1S/C24H26FN5O2/c1-29-13-19-8-7-18(29)14-30(19)24(32)23-20-10-16(4-9-21(20)27-28-23)11-22(31)26-12-15-2-5-17(25)6-3-15/h2-6,9-10,18-19H,7-8,11-14H2,1H3,(H,26,31)(H,27,28). The number of likely N-dealkylation sites (N-methyl/N-ethyl adjacent to an activating group) is 1. The van der Waals surface area contributed by atoms with Crippen LogP contribution in [0.5, 0.6) is 0 Å². The van der Waals surface area contributed by atoms with E-state index >= 15 is 0 Å². The van der Waals surface area contributed by atoms with Crippen LogP contribution >= 0.6 is 0 Å². The van der Waals surface area contributed by atoms with Crippen molar-refractivity contribution in [1.29, 1.82) is 0 Å². The van der Waals surface area contributed by atoms with E-state index in [1.165, 1.54) is 12.1 Å². The number of amides is 2. The number of hydrogen-bond acceptors (Lipinski definition) is 4. The average molecular weight is 436 g/mol. The van der Waals surface area contributed by atoms with Gasteiger partial charge in [0.05, 0.1) is 11.9 Å². The Kier molecular flexibility index (Phi) is 5.38. The highest BCUT2D eigenvalue weighted by molar-refractivity contribution is 6.05. The monoisotopic (exact) mass is 435 g/mol. The topological polar surface area (TPSA) is 81.3 Å². The van der Waals surface area contributed by atoms with Crippen molar-refractivity contribution in [1.82, 2.24) is 25.3 Å². The Bertz CT molecular complexity index is 1160. The summed E-state index contributed by atoms with van der Waals surface area (Å²) < 4.78 is 13.0. The highest BCUT2D eigenvalue weighted by atomic mass is 19.1. The number of piperidine rings is 2.